The second-order valence-corrected chi connectivity index (χ2v) is 11.5. The lowest BCUT2D eigenvalue weighted by atomic mass is 9.77. The maximum atomic E-state index is 12.8. The van der Waals surface area contributed by atoms with Crippen LogP contribution in [0.3, 0.4) is 0 Å². The first-order valence-corrected chi connectivity index (χ1v) is 15.1. The van der Waals surface area contributed by atoms with Gasteiger partial charge in [-0.2, -0.15) is 5.26 Å². The molecule has 10 heteroatoms. The quantitative estimate of drug-likeness (QED) is 0.265. The van der Waals surface area contributed by atoms with Crippen molar-refractivity contribution in [3.8, 4) is 17.6 Å². The van der Waals surface area contributed by atoms with Gasteiger partial charge in [-0.3, -0.25) is 14.6 Å². The van der Waals surface area contributed by atoms with Crippen LogP contribution in [0, 0.1) is 17.2 Å². The summed E-state index contributed by atoms with van der Waals surface area (Å²) in [7, 11) is 0. The number of allylic oxidation sites excluding steroid dienone is 2. The highest BCUT2D eigenvalue weighted by atomic mass is 35.5. The Kier molecular flexibility index (Phi) is 10.3. The van der Waals surface area contributed by atoms with E-state index in [1.165, 1.54) is 12.3 Å². The number of hydrogen-bond acceptors (Lipinski definition) is 8. The SMILES string of the molecule is C[C@@H]1C(c2ccccc2)=CC=CC1(COc1cc(OCc2cncc(C#N)c2)c(C=O)cc1Cl)OCCC(=O)N1CCC(O)C1. The van der Waals surface area contributed by atoms with Gasteiger partial charge in [-0.1, -0.05) is 61.0 Å². The summed E-state index contributed by atoms with van der Waals surface area (Å²) in [5, 5.41) is 19.2. The van der Waals surface area contributed by atoms with Crippen LogP contribution in [0.15, 0.2) is 79.2 Å². The fourth-order valence-electron chi connectivity index (χ4n) is 5.54. The van der Waals surface area contributed by atoms with Crippen LogP contribution in [0.4, 0.5) is 0 Å². The number of pyridine rings is 1. The lowest BCUT2D eigenvalue weighted by molar-refractivity contribution is -0.134. The predicted molar refractivity (Wildman–Crippen MR) is 169 cm³/mol. The average molecular weight is 628 g/mol. The van der Waals surface area contributed by atoms with Crippen LogP contribution >= 0.6 is 11.6 Å². The van der Waals surface area contributed by atoms with Crippen LogP contribution in [-0.4, -0.2) is 65.2 Å². The first-order chi connectivity index (χ1) is 21.8. The highest BCUT2D eigenvalue weighted by molar-refractivity contribution is 6.32. The number of halogens is 1. The van der Waals surface area contributed by atoms with Gasteiger partial charge in [-0.15, -0.1) is 0 Å². The number of hydrogen-bond donors (Lipinski definition) is 1. The van der Waals surface area contributed by atoms with Gasteiger partial charge in [0.05, 0.1) is 35.3 Å². The lowest BCUT2D eigenvalue weighted by Crippen LogP contribution is -2.46. The molecule has 1 aliphatic heterocycles. The van der Waals surface area contributed by atoms with Crippen molar-refractivity contribution in [1.82, 2.24) is 9.88 Å². The summed E-state index contributed by atoms with van der Waals surface area (Å²) in [4.78, 5) is 30.4. The molecule has 3 atom stereocenters. The van der Waals surface area contributed by atoms with E-state index in [1.807, 2.05) is 54.6 Å². The highest BCUT2D eigenvalue weighted by Gasteiger charge is 2.40. The number of aliphatic hydroxyl groups is 1. The van der Waals surface area contributed by atoms with Crippen molar-refractivity contribution in [2.24, 2.45) is 5.92 Å². The minimum atomic E-state index is -0.957. The van der Waals surface area contributed by atoms with Gasteiger partial charge in [0, 0.05) is 43.0 Å². The zero-order chi connectivity index (χ0) is 31.8. The van der Waals surface area contributed by atoms with E-state index >= 15 is 0 Å². The largest absolute Gasteiger partial charge is 0.489 e. The highest BCUT2D eigenvalue weighted by Crippen LogP contribution is 2.40. The van der Waals surface area contributed by atoms with Crippen molar-refractivity contribution in [3.05, 3.63) is 106 Å². The maximum absolute atomic E-state index is 12.8. The Morgan fingerprint density at radius 2 is 2.02 bits per heavy atom. The molecular formula is C35H34ClN3O6. The number of carbonyl (C=O) groups excluding carboxylic acids is 2. The Hall–Kier alpha value is -4.49. The molecule has 9 nitrogen and oxygen atoms in total. The number of benzene rings is 2. The number of aldehydes is 1. The molecule has 1 aliphatic carbocycles. The van der Waals surface area contributed by atoms with Gasteiger partial charge in [0.1, 0.15) is 36.4 Å². The van der Waals surface area contributed by atoms with E-state index in [2.05, 4.69) is 11.9 Å². The minimum Gasteiger partial charge on any atom is -0.489 e. The summed E-state index contributed by atoms with van der Waals surface area (Å²) in [6, 6.07) is 16.7. The molecule has 0 radical (unpaired) electrons. The Balaban J connectivity index is 1.36. The van der Waals surface area contributed by atoms with Crippen molar-refractivity contribution in [3.63, 3.8) is 0 Å². The number of carbonyl (C=O) groups is 2. The van der Waals surface area contributed by atoms with Gasteiger partial charge >= 0.3 is 0 Å². The van der Waals surface area contributed by atoms with Crippen molar-refractivity contribution in [2.45, 2.75) is 38.1 Å². The zero-order valence-corrected chi connectivity index (χ0v) is 25.7. The number of nitrogens with zero attached hydrogens (tertiary/aromatic N) is 3. The summed E-state index contributed by atoms with van der Waals surface area (Å²) in [5.74, 6) is 0.316. The van der Waals surface area contributed by atoms with Crippen LogP contribution < -0.4 is 9.47 Å². The van der Waals surface area contributed by atoms with Crippen LogP contribution in [0.2, 0.25) is 5.02 Å². The number of β-amino-alcohol motifs (C(OH)–C–C–N with tert-alkyl or cyclic N) is 1. The van der Waals surface area contributed by atoms with Crippen molar-refractivity contribution < 1.29 is 28.9 Å². The Morgan fingerprint density at radius 1 is 1.20 bits per heavy atom. The number of amides is 1. The van der Waals surface area contributed by atoms with E-state index in [9.17, 15) is 14.7 Å². The van der Waals surface area contributed by atoms with Crippen molar-refractivity contribution in [2.75, 3.05) is 26.3 Å². The molecule has 1 N–H and O–H groups in total. The van der Waals surface area contributed by atoms with Gasteiger partial charge in [0.25, 0.3) is 0 Å². The Bertz CT molecular complexity index is 1640. The monoisotopic (exact) mass is 627 g/mol. The molecule has 1 aromatic heterocycles. The average Bonchev–Trinajstić information content (AvgIpc) is 3.51. The van der Waals surface area contributed by atoms with Gasteiger partial charge in [-0.05, 0) is 35.8 Å². The fraction of sp³-hybridized carbons (Fsp3) is 0.314. The Morgan fingerprint density at radius 3 is 2.76 bits per heavy atom. The third-order valence-electron chi connectivity index (χ3n) is 8.13. The van der Waals surface area contributed by atoms with Crippen LogP contribution in [0.1, 0.15) is 46.8 Å². The van der Waals surface area contributed by atoms with Crippen molar-refractivity contribution >= 4 is 29.4 Å². The van der Waals surface area contributed by atoms with Crippen LogP contribution in [0.5, 0.6) is 11.5 Å². The van der Waals surface area contributed by atoms with Gasteiger partial charge < -0.3 is 24.2 Å². The summed E-state index contributed by atoms with van der Waals surface area (Å²) in [6.45, 7) is 3.20. The molecule has 232 valence electrons. The molecule has 1 amide bonds. The summed E-state index contributed by atoms with van der Waals surface area (Å²) < 4.78 is 18.8. The van der Waals surface area contributed by atoms with E-state index in [-0.39, 0.29) is 54.4 Å². The number of ether oxygens (including phenoxy) is 3. The molecule has 45 heavy (non-hydrogen) atoms. The lowest BCUT2D eigenvalue weighted by Gasteiger charge is -2.39. The minimum absolute atomic E-state index is 0.0548. The number of likely N-dealkylation sites (tertiary alicyclic amines) is 1. The molecule has 5 rings (SSSR count). The molecule has 0 spiro atoms. The molecule has 3 aromatic rings. The molecule has 2 unspecified atom stereocenters. The fourth-order valence-corrected chi connectivity index (χ4v) is 5.77. The van der Waals surface area contributed by atoms with E-state index in [4.69, 9.17) is 31.1 Å². The second kappa shape index (κ2) is 14.5. The smallest absolute Gasteiger partial charge is 0.224 e. The van der Waals surface area contributed by atoms with E-state index in [0.29, 0.717) is 42.7 Å². The number of aromatic nitrogens is 1. The third kappa shape index (κ3) is 7.60. The summed E-state index contributed by atoms with van der Waals surface area (Å²) in [6.07, 6.45) is 9.86. The number of rotatable bonds is 12. The third-order valence-corrected chi connectivity index (χ3v) is 8.42. The topological polar surface area (TPSA) is 122 Å². The molecular weight excluding hydrogens is 594 g/mol. The molecule has 2 aromatic carbocycles. The van der Waals surface area contributed by atoms with E-state index in [1.54, 1.807) is 23.2 Å². The summed E-state index contributed by atoms with van der Waals surface area (Å²) >= 11 is 6.56. The van der Waals surface area contributed by atoms with Crippen LogP contribution in [0.25, 0.3) is 5.57 Å². The second-order valence-electron chi connectivity index (χ2n) is 11.1. The number of nitriles is 1. The molecule has 2 heterocycles. The van der Waals surface area contributed by atoms with Gasteiger partial charge in [-0.25, -0.2) is 0 Å². The van der Waals surface area contributed by atoms with E-state index < -0.39 is 11.7 Å². The zero-order valence-electron chi connectivity index (χ0n) is 24.9. The number of aliphatic hydroxyl groups excluding tert-OH is 1. The predicted octanol–water partition coefficient (Wildman–Crippen LogP) is 5.41. The normalized spacial score (nSPS) is 20.8. The molecule has 1 saturated heterocycles. The summed E-state index contributed by atoms with van der Waals surface area (Å²) in [5.41, 5.74) is 2.44. The van der Waals surface area contributed by atoms with E-state index in [0.717, 1.165) is 11.1 Å². The molecule has 0 saturated carbocycles. The molecule has 0 bridgehead atoms. The van der Waals surface area contributed by atoms with Gasteiger partial charge in [0.15, 0.2) is 6.29 Å². The molecule has 2 aliphatic rings. The first kappa shape index (κ1) is 31.9. The van der Waals surface area contributed by atoms with Crippen LogP contribution in [-0.2, 0) is 16.1 Å². The van der Waals surface area contributed by atoms with Gasteiger partial charge in [0.2, 0.25) is 5.91 Å². The maximum Gasteiger partial charge on any atom is 0.224 e. The standard InChI is InChI=1S/C35H34ClN3O6/c1-24-30(27-6-3-2-4-7-27)8-5-11-35(24,45-13-10-34(42)39-12-9-29(41)20-39)23-44-33-16-32(28(21-40)15-31(33)36)43-22-26-14-25(17-37)18-38-19-26/h2-8,11,14-16,18-19,21,24,29,41H,9-10,12-13,20,22-23H2,1H3/t24-,29?,35?/m1/s1. The Labute approximate surface area is 267 Å². The molecule has 1 fully saturated rings. The van der Waals surface area contributed by atoms with Crippen molar-refractivity contribution in [1.29, 1.82) is 5.26 Å². The first-order valence-electron chi connectivity index (χ1n) is 14.7.